The second-order valence-electron chi connectivity index (χ2n) is 6.82. The predicted molar refractivity (Wildman–Crippen MR) is 116 cm³/mol. The largest absolute Gasteiger partial charge is 0.384 e. The third kappa shape index (κ3) is 3.12. The van der Waals surface area contributed by atoms with Gasteiger partial charge in [-0.1, -0.05) is 24.3 Å². The zero-order chi connectivity index (χ0) is 19.1. The maximum absolute atomic E-state index is 6.01. The van der Waals surface area contributed by atoms with Crippen LogP contribution < -0.4 is 5.73 Å². The van der Waals surface area contributed by atoms with Crippen LogP contribution in [0, 0.1) is 6.92 Å². The lowest BCUT2D eigenvalue weighted by Crippen LogP contribution is -1.92. The van der Waals surface area contributed by atoms with Crippen LogP contribution in [0.15, 0.2) is 65.6 Å². The Morgan fingerprint density at radius 2 is 1.82 bits per heavy atom. The fourth-order valence-corrected chi connectivity index (χ4v) is 4.29. The summed E-state index contributed by atoms with van der Waals surface area (Å²) in [6.07, 6.45) is 0. The van der Waals surface area contributed by atoms with Crippen LogP contribution in [0.4, 0.5) is 5.82 Å². The number of nitrogen functional groups attached to an aromatic ring is 1. The molecule has 0 aliphatic carbocycles. The smallest absolute Gasteiger partial charge is 0.160 e. The number of pyridine rings is 1. The van der Waals surface area contributed by atoms with Crippen molar-refractivity contribution >= 4 is 39.6 Å². The molecule has 0 bridgehead atoms. The van der Waals surface area contributed by atoms with E-state index < -0.39 is 0 Å². The summed E-state index contributed by atoms with van der Waals surface area (Å²) in [6, 6.07) is 21.0. The molecule has 6 heteroatoms. The third-order valence-corrected chi connectivity index (χ3v) is 5.80. The lowest BCUT2D eigenvalue weighted by atomic mass is 10.1. The number of thioether (sulfide) groups is 1. The molecule has 5 nitrogen and oxygen atoms in total. The molecule has 3 heterocycles. The lowest BCUT2D eigenvalue weighted by molar-refractivity contribution is 1.16. The molecule has 138 valence electrons. The second-order valence-corrected chi connectivity index (χ2v) is 7.87. The highest BCUT2D eigenvalue weighted by molar-refractivity contribution is 7.98. The molecule has 0 saturated carbocycles. The van der Waals surface area contributed by atoms with E-state index in [0.717, 1.165) is 33.9 Å². The first-order valence-electron chi connectivity index (χ1n) is 9.08. The van der Waals surface area contributed by atoms with Crippen molar-refractivity contribution in [1.29, 1.82) is 0 Å². The molecular weight excluding hydrogens is 366 g/mol. The molecular formula is C22H19N5S. The maximum atomic E-state index is 6.01. The molecule has 0 fully saturated rings. The number of hydrogen-bond acceptors (Lipinski definition) is 4. The van der Waals surface area contributed by atoms with Crippen molar-refractivity contribution < 1.29 is 0 Å². The molecule has 0 radical (unpaired) electrons. The molecule has 0 aliphatic heterocycles. The molecule has 0 saturated heterocycles. The zero-order valence-electron chi connectivity index (χ0n) is 15.4. The van der Waals surface area contributed by atoms with Gasteiger partial charge < -0.3 is 15.7 Å². The Morgan fingerprint density at radius 3 is 2.68 bits per heavy atom. The fourth-order valence-electron chi connectivity index (χ4n) is 3.43. The van der Waals surface area contributed by atoms with Crippen molar-refractivity contribution in [3.05, 3.63) is 72.1 Å². The van der Waals surface area contributed by atoms with Crippen LogP contribution in [0.25, 0.3) is 33.3 Å². The number of rotatable bonds is 4. The van der Waals surface area contributed by atoms with Gasteiger partial charge in [-0.05, 0) is 48.9 Å². The van der Waals surface area contributed by atoms with Gasteiger partial charge in [0.1, 0.15) is 17.2 Å². The number of imidazole rings is 1. The number of fused-ring (bicyclic) bond motifs is 2. The number of nitrogens with two attached hydrogens (primary N) is 1. The average molecular weight is 385 g/mol. The Kier molecular flexibility index (Phi) is 4.06. The summed E-state index contributed by atoms with van der Waals surface area (Å²) in [7, 11) is 0. The van der Waals surface area contributed by atoms with Crippen LogP contribution in [0.2, 0.25) is 0 Å². The number of H-pyrrole nitrogens is 2. The summed E-state index contributed by atoms with van der Waals surface area (Å²) in [5.41, 5.74) is 11.9. The molecule has 5 aromatic rings. The Balaban J connectivity index is 1.50. The standard InChI is InChI=1S/C22H19N5S/c1-13-24-21-17(11-20(23)27-22(21)25-13)19-10-15-9-14(7-8-18(15)26-19)12-28-16-5-3-2-4-6-16/h2-11,26H,12H2,1H3,(H3,23,24,25,27). The summed E-state index contributed by atoms with van der Waals surface area (Å²) >= 11 is 1.84. The topological polar surface area (TPSA) is 83.4 Å². The highest BCUT2D eigenvalue weighted by atomic mass is 32.2. The highest BCUT2D eigenvalue weighted by Gasteiger charge is 2.13. The Hall–Kier alpha value is -3.25. The molecule has 0 unspecified atom stereocenters. The van der Waals surface area contributed by atoms with E-state index in [0.29, 0.717) is 11.5 Å². The van der Waals surface area contributed by atoms with Crippen molar-refractivity contribution in [2.75, 3.05) is 5.73 Å². The van der Waals surface area contributed by atoms with Crippen molar-refractivity contribution in [1.82, 2.24) is 19.9 Å². The lowest BCUT2D eigenvalue weighted by Gasteiger charge is -2.02. The number of benzene rings is 2. The molecule has 0 aliphatic rings. The minimum Gasteiger partial charge on any atom is -0.384 e. The average Bonchev–Trinajstić information content (AvgIpc) is 3.28. The van der Waals surface area contributed by atoms with Gasteiger partial charge in [0.2, 0.25) is 0 Å². The number of nitrogens with one attached hydrogen (secondary N) is 2. The van der Waals surface area contributed by atoms with E-state index in [2.05, 4.69) is 68.5 Å². The first-order chi connectivity index (χ1) is 13.7. The van der Waals surface area contributed by atoms with Crippen LogP contribution in [0.1, 0.15) is 11.4 Å². The number of hydrogen-bond donors (Lipinski definition) is 3. The summed E-state index contributed by atoms with van der Waals surface area (Å²) in [5, 5.41) is 1.18. The number of anilines is 1. The monoisotopic (exact) mass is 385 g/mol. The van der Waals surface area contributed by atoms with E-state index in [4.69, 9.17) is 5.73 Å². The van der Waals surface area contributed by atoms with Crippen LogP contribution in [0.5, 0.6) is 0 Å². The van der Waals surface area contributed by atoms with E-state index in [-0.39, 0.29) is 0 Å². The second kappa shape index (κ2) is 6.73. The van der Waals surface area contributed by atoms with E-state index in [1.54, 1.807) is 0 Å². The SMILES string of the molecule is Cc1nc2c(-c3cc4cc(CSc5ccccc5)ccc4[nH]3)cc(N)nc2[nH]1. The molecule has 0 spiro atoms. The Morgan fingerprint density at radius 1 is 0.964 bits per heavy atom. The fraction of sp³-hybridized carbons (Fsp3) is 0.0909. The number of nitrogens with zero attached hydrogens (tertiary/aromatic N) is 2. The maximum Gasteiger partial charge on any atom is 0.160 e. The highest BCUT2D eigenvalue weighted by Crippen LogP contribution is 2.31. The molecule has 3 aromatic heterocycles. The van der Waals surface area contributed by atoms with Gasteiger partial charge in [0.15, 0.2) is 5.65 Å². The van der Waals surface area contributed by atoms with E-state index in [1.165, 1.54) is 15.8 Å². The number of aromatic amines is 2. The predicted octanol–water partition coefficient (Wildman–Crippen LogP) is 5.29. The van der Waals surface area contributed by atoms with Crippen molar-refractivity contribution in [2.24, 2.45) is 0 Å². The first-order valence-corrected chi connectivity index (χ1v) is 10.1. The van der Waals surface area contributed by atoms with Crippen molar-refractivity contribution in [3.8, 4) is 11.3 Å². The van der Waals surface area contributed by atoms with Gasteiger partial charge in [0.05, 0.1) is 0 Å². The summed E-state index contributed by atoms with van der Waals surface area (Å²) in [6.45, 7) is 1.92. The molecule has 2 aromatic carbocycles. The van der Waals surface area contributed by atoms with Gasteiger partial charge in [0, 0.05) is 32.8 Å². The summed E-state index contributed by atoms with van der Waals surface area (Å²) < 4.78 is 0. The molecule has 0 atom stereocenters. The number of aromatic nitrogens is 4. The molecule has 4 N–H and O–H groups in total. The van der Waals surface area contributed by atoms with Gasteiger partial charge >= 0.3 is 0 Å². The van der Waals surface area contributed by atoms with Crippen LogP contribution in [-0.4, -0.2) is 19.9 Å². The Bertz CT molecular complexity index is 1290. The van der Waals surface area contributed by atoms with E-state index >= 15 is 0 Å². The summed E-state index contributed by atoms with van der Waals surface area (Å²) in [4.78, 5) is 16.9. The van der Waals surface area contributed by atoms with Crippen molar-refractivity contribution in [2.45, 2.75) is 17.6 Å². The molecule has 5 rings (SSSR count). The molecule has 0 amide bonds. The number of aryl methyl sites for hydroxylation is 1. The third-order valence-electron chi connectivity index (χ3n) is 4.72. The van der Waals surface area contributed by atoms with E-state index in [9.17, 15) is 0 Å². The van der Waals surface area contributed by atoms with Gasteiger partial charge in [-0.15, -0.1) is 11.8 Å². The minimum atomic E-state index is 0.477. The van der Waals surface area contributed by atoms with Gasteiger partial charge in [-0.3, -0.25) is 0 Å². The summed E-state index contributed by atoms with van der Waals surface area (Å²) in [5.74, 6) is 2.24. The van der Waals surface area contributed by atoms with Gasteiger partial charge in [-0.25, -0.2) is 9.97 Å². The molecule has 28 heavy (non-hydrogen) atoms. The quantitative estimate of drug-likeness (QED) is 0.367. The Labute approximate surface area is 166 Å². The van der Waals surface area contributed by atoms with Crippen LogP contribution >= 0.6 is 11.8 Å². The van der Waals surface area contributed by atoms with Crippen LogP contribution in [-0.2, 0) is 5.75 Å². The van der Waals surface area contributed by atoms with Gasteiger partial charge in [0.25, 0.3) is 0 Å². The van der Waals surface area contributed by atoms with Crippen molar-refractivity contribution in [3.63, 3.8) is 0 Å². The van der Waals surface area contributed by atoms with Gasteiger partial charge in [-0.2, -0.15) is 0 Å². The normalized spacial score (nSPS) is 11.5. The zero-order valence-corrected chi connectivity index (χ0v) is 16.2. The van der Waals surface area contributed by atoms with E-state index in [1.807, 2.05) is 30.8 Å². The first kappa shape index (κ1) is 16.9. The van der Waals surface area contributed by atoms with Crippen LogP contribution in [0.3, 0.4) is 0 Å². The minimum absolute atomic E-state index is 0.477.